The van der Waals surface area contributed by atoms with Crippen molar-refractivity contribution in [3.05, 3.63) is 75.7 Å². The lowest BCUT2D eigenvalue weighted by Gasteiger charge is -2.31. The van der Waals surface area contributed by atoms with Crippen LogP contribution in [0.2, 0.25) is 0 Å². The number of urea groups is 1. The monoisotopic (exact) mass is 489 g/mol. The summed E-state index contributed by atoms with van der Waals surface area (Å²) in [6.07, 6.45) is 2.35. The van der Waals surface area contributed by atoms with E-state index in [0.717, 1.165) is 11.3 Å². The summed E-state index contributed by atoms with van der Waals surface area (Å²) in [5.74, 6) is -0.118. The van der Waals surface area contributed by atoms with Gasteiger partial charge in [-0.15, -0.1) is 0 Å². The zero-order valence-corrected chi connectivity index (χ0v) is 21.0. The Bertz CT molecular complexity index is 1380. The summed E-state index contributed by atoms with van der Waals surface area (Å²) >= 11 is 0. The van der Waals surface area contributed by atoms with Crippen LogP contribution in [0, 0.1) is 0 Å². The van der Waals surface area contributed by atoms with E-state index in [1.807, 2.05) is 55.4 Å². The lowest BCUT2D eigenvalue weighted by atomic mass is 9.94. The molecule has 188 valence electrons. The molecule has 3 N–H and O–H groups in total. The molecule has 1 aliphatic rings. The SMILES string of the molecule is CCNC(=O)Nc1cc(-c2cccc(N3CCc4cc(N(C)C)ccc4C3=O)c2CO)cn(C)c1=O. The van der Waals surface area contributed by atoms with E-state index in [1.165, 1.54) is 4.57 Å². The van der Waals surface area contributed by atoms with Gasteiger partial charge in [0.1, 0.15) is 5.69 Å². The van der Waals surface area contributed by atoms with E-state index in [4.69, 9.17) is 0 Å². The maximum atomic E-state index is 13.5. The molecule has 2 aromatic carbocycles. The van der Waals surface area contributed by atoms with Gasteiger partial charge in [-0.1, -0.05) is 12.1 Å². The number of amides is 3. The summed E-state index contributed by atoms with van der Waals surface area (Å²) in [5.41, 5.74) is 4.96. The fraction of sp³-hybridized carbons (Fsp3) is 0.296. The predicted molar refractivity (Wildman–Crippen MR) is 142 cm³/mol. The van der Waals surface area contributed by atoms with Gasteiger partial charge in [0.25, 0.3) is 11.5 Å². The van der Waals surface area contributed by atoms with Crippen molar-refractivity contribution < 1.29 is 14.7 Å². The number of carbonyl (C=O) groups excluding carboxylic acids is 2. The zero-order valence-electron chi connectivity index (χ0n) is 21.0. The van der Waals surface area contributed by atoms with Crippen LogP contribution in [-0.4, -0.2) is 48.8 Å². The highest BCUT2D eigenvalue weighted by Crippen LogP contribution is 2.35. The second-order valence-corrected chi connectivity index (χ2v) is 8.95. The number of hydrogen-bond acceptors (Lipinski definition) is 5. The minimum Gasteiger partial charge on any atom is -0.392 e. The number of anilines is 3. The molecule has 4 rings (SSSR count). The summed E-state index contributed by atoms with van der Waals surface area (Å²) in [4.78, 5) is 41.8. The fourth-order valence-electron chi connectivity index (χ4n) is 4.52. The highest BCUT2D eigenvalue weighted by Gasteiger charge is 2.28. The summed E-state index contributed by atoms with van der Waals surface area (Å²) in [6.45, 7) is 2.39. The van der Waals surface area contributed by atoms with Crippen LogP contribution in [-0.2, 0) is 20.1 Å². The molecule has 0 atom stereocenters. The van der Waals surface area contributed by atoms with Crippen molar-refractivity contribution in [3.8, 4) is 11.1 Å². The van der Waals surface area contributed by atoms with Gasteiger partial charge in [-0.25, -0.2) is 4.79 Å². The van der Waals surface area contributed by atoms with E-state index < -0.39 is 6.03 Å². The number of hydrogen-bond donors (Lipinski definition) is 3. The predicted octanol–water partition coefficient (Wildman–Crippen LogP) is 2.95. The molecule has 0 radical (unpaired) electrons. The lowest BCUT2D eigenvalue weighted by molar-refractivity contribution is 0.0980. The Hall–Kier alpha value is -4.11. The van der Waals surface area contributed by atoms with Crippen molar-refractivity contribution in [2.75, 3.05) is 42.3 Å². The van der Waals surface area contributed by atoms with E-state index in [1.54, 1.807) is 31.1 Å². The molecule has 1 aromatic heterocycles. The number of aromatic nitrogens is 1. The molecule has 0 fully saturated rings. The van der Waals surface area contributed by atoms with Crippen LogP contribution in [0.5, 0.6) is 0 Å². The second-order valence-electron chi connectivity index (χ2n) is 8.95. The van der Waals surface area contributed by atoms with Gasteiger partial charge in [0.05, 0.1) is 12.3 Å². The Morgan fingerprint density at radius 3 is 2.58 bits per heavy atom. The number of carbonyl (C=O) groups is 2. The number of aryl methyl sites for hydroxylation is 1. The van der Waals surface area contributed by atoms with E-state index >= 15 is 0 Å². The molecule has 36 heavy (non-hydrogen) atoms. The number of aliphatic hydroxyl groups excluding tert-OH is 1. The van der Waals surface area contributed by atoms with Gasteiger partial charge in [0.15, 0.2) is 0 Å². The fourth-order valence-corrected chi connectivity index (χ4v) is 4.52. The molecule has 9 nitrogen and oxygen atoms in total. The topological polar surface area (TPSA) is 107 Å². The second kappa shape index (κ2) is 10.2. The van der Waals surface area contributed by atoms with Crippen LogP contribution in [0.4, 0.5) is 21.9 Å². The van der Waals surface area contributed by atoms with Crippen molar-refractivity contribution in [2.45, 2.75) is 20.0 Å². The molecule has 9 heteroatoms. The molecule has 0 unspecified atom stereocenters. The standard InChI is InChI=1S/C27H31N5O4/c1-5-28-27(36)29-23-14-18(15-31(4)26(23)35)20-7-6-8-24(22(20)16-33)32-12-11-17-13-19(30(2)3)9-10-21(17)25(32)34/h6-10,13-15,33H,5,11-12,16H2,1-4H3,(H2,28,29,36). The molecule has 1 aliphatic heterocycles. The molecule has 0 bridgehead atoms. The number of rotatable bonds is 6. The Kier molecular flexibility index (Phi) is 7.12. The molecule has 3 aromatic rings. The van der Waals surface area contributed by atoms with Crippen LogP contribution in [0.25, 0.3) is 11.1 Å². The Labute approximate surface area is 210 Å². The number of aliphatic hydroxyl groups is 1. The third kappa shape index (κ3) is 4.70. The highest BCUT2D eigenvalue weighted by molar-refractivity contribution is 6.09. The van der Waals surface area contributed by atoms with Gasteiger partial charge in [0, 0.05) is 62.8 Å². The first kappa shape index (κ1) is 25.0. The summed E-state index contributed by atoms with van der Waals surface area (Å²) in [5, 5.41) is 15.6. The summed E-state index contributed by atoms with van der Waals surface area (Å²) in [6, 6.07) is 12.4. The smallest absolute Gasteiger partial charge is 0.319 e. The van der Waals surface area contributed by atoms with E-state index in [2.05, 4.69) is 10.6 Å². The average molecular weight is 490 g/mol. The first-order valence-electron chi connectivity index (χ1n) is 11.9. The number of nitrogens with one attached hydrogen (secondary N) is 2. The number of benzene rings is 2. The van der Waals surface area contributed by atoms with Gasteiger partial charge in [-0.3, -0.25) is 9.59 Å². The van der Waals surface area contributed by atoms with Crippen LogP contribution < -0.4 is 26.0 Å². The quantitative estimate of drug-likeness (QED) is 0.494. The van der Waals surface area contributed by atoms with Crippen molar-refractivity contribution in [1.29, 1.82) is 0 Å². The summed E-state index contributed by atoms with van der Waals surface area (Å²) in [7, 11) is 5.53. The maximum absolute atomic E-state index is 13.5. The Balaban J connectivity index is 1.75. The van der Waals surface area contributed by atoms with Gasteiger partial charge in [-0.2, -0.15) is 0 Å². The van der Waals surface area contributed by atoms with Gasteiger partial charge >= 0.3 is 6.03 Å². The minimum atomic E-state index is -0.474. The van der Waals surface area contributed by atoms with Crippen LogP contribution in [0.1, 0.15) is 28.4 Å². The van der Waals surface area contributed by atoms with Gasteiger partial charge in [0.2, 0.25) is 0 Å². The Morgan fingerprint density at radius 2 is 1.89 bits per heavy atom. The Morgan fingerprint density at radius 1 is 1.11 bits per heavy atom. The van der Waals surface area contributed by atoms with Gasteiger partial charge in [-0.05, 0) is 54.8 Å². The number of fused-ring (bicyclic) bond motifs is 1. The lowest BCUT2D eigenvalue weighted by Crippen LogP contribution is -2.38. The molecule has 0 saturated carbocycles. The molecular weight excluding hydrogens is 458 g/mol. The van der Waals surface area contributed by atoms with Crippen LogP contribution in [0.3, 0.4) is 0 Å². The van der Waals surface area contributed by atoms with Gasteiger partial charge < -0.3 is 30.1 Å². The first-order valence-corrected chi connectivity index (χ1v) is 11.9. The number of nitrogens with zero attached hydrogens (tertiary/aromatic N) is 3. The van der Waals surface area contributed by atoms with E-state index in [9.17, 15) is 19.5 Å². The molecule has 2 heterocycles. The molecular formula is C27H31N5O4. The van der Waals surface area contributed by atoms with E-state index in [0.29, 0.717) is 47.5 Å². The largest absolute Gasteiger partial charge is 0.392 e. The highest BCUT2D eigenvalue weighted by atomic mass is 16.3. The molecule has 0 aliphatic carbocycles. The van der Waals surface area contributed by atoms with Crippen molar-refractivity contribution in [2.24, 2.45) is 7.05 Å². The van der Waals surface area contributed by atoms with Crippen LogP contribution >= 0.6 is 0 Å². The average Bonchev–Trinajstić information content (AvgIpc) is 2.86. The minimum absolute atomic E-state index is 0.118. The summed E-state index contributed by atoms with van der Waals surface area (Å²) < 4.78 is 1.38. The van der Waals surface area contributed by atoms with Crippen molar-refractivity contribution in [1.82, 2.24) is 9.88 Å². The first-order chi connectivity index (χ1) is 17.2. The third-order valence-corrected chi connectivity index (χ3v) is 6.37. The normalized spacial score (nSPS) is 12.8. The molecule has 3 amide bonds. The maximum Gasteiger partial charge on any atom is 0.319 e. The zero-order chi connectivity index (χ0) is 26.0. The third-order valence-electron chi connectivity index (χ3n) is 6.37. The molecule has 0 spiro atoms. The van der Waals surface area contributed by atoms with Crippen molar-refractivity contribution >= 4 is 29.0 Å². The molecule has 0 saturated heterocycles. The number of pyridine rings is 1. The van der Waals surface area contributed by atoms with E-state index in [-0.39, 0.29) is 23.8 Å². The van der Waals surface area contributed by atoms with Crippen molar-refractivity contribution in [3.63, 3.8) is 0 Å². The van der Waals surface area contributed by atoms with Crippen LogP contribution in [0.15, 0.2) is 53.5 Å².